The summed E-state index contributed by atoms with van der Waals surface area (Å²) in [4.78, 5) is 25.7. The fourth-order valence-electron chi connectivity index (χ4n) is 6.39. The summed E-state index contributed by atoms with van der Waals surface area (Å²) in [5, 5.41) is 0. The number of fused-ring (bicyclic) bond motifs is 4. The minimum atomic E-state index is -0.613. The number of unbranched alkanes of at least 4 members (excludes halogenated alkanes) is 1. The molecular weight excluding hydrogens is 352 g/mol. The van der Waals surface area contributed by atoms with Gasteiger partial charge >= 0.3 is 11.9 Å². The number of rotatable bonds is 4. The van der Waals surface area contributed by atoms with Gasteiger partial charge in [0.15, 0.2) is 0 Å². The Morgan fingerprint density at radius 1 is 1.18 bits per heavy atom. The molecule has 0 aromatic carbocycles. The number of carbonyl (C=O) groups excluding carboxylic acids is 2. The Morgan fingerprint density at radius 3 is 2.82 bits per heavy atom. The standard InChI is InChI=1S/C24H28O4/c1-3-5-11-19-16-13-12-14-17(8-4-2)24(21(14)20(16)23(26)27-19)18-10-7-6-9-15(18)22(25)28-24/h6,9,11,14,17,21H,3-5,7-8,10,12-13H2,1-2H3/b19-11-/t14-,17?,21?,24?/m1/s1. The molecule has 0 aromatic rings. The van der Waals surface area contributed by atoms with Gasteiger partial charge < -0.3 is 9.47 Å². The Hall–Kier alpha value is -2.10. The lowest BCUT2D eigenvalue weighted by molar-refractivity contribution is -0.197. The predicted octanol–water partition coefficient (Wildman–Crippen LogP) is 4.92. The van der Waals surface area contributed by atoms with E-state index >= 15 is 0 Å². The van der Waals surface area contributed by atoms with Crippen molar-refractivity contribution in [3.05, 3.63) is 46.3 Å². The van der Waals surface area contributed by atoms with Crippen LogP contribution in [0.3, 0.4) is 0 Å². The molecule has 0 saturated heterocycles. The van der Waals surface area contributed by atoms with Crippen LogP contribution in [0.4, 0.5) is 0 Å². The second kappa shape index (κ2) is 6.47. The van der Waals surface area contributed by atoms with Gasteiger partial charge in [0, 0.05) is 17.4 Å². The van der Waals surface area contributed by atoms with Crippen LogP contribution in [0.15, 0.2) is 46.3 Å². The van der Waals surface area contributed by atoms with Crippen LogP contribution in [0.2, 0.25) is 0 Å². The van der Waals surface area contributed by atoms with Crippen LogP contribution in [0, 0.1) is 17.8 Å². The first-order valence-electron chi connectivity index (χ1n) is 10.9. The molecular formula is C24H28O4. The minimum Gasteiger partial charge on any atom is -0.450 e. The third-order valence-electron chi connectivity index (χ3n) is 7.38. The van der Waals surface area contributed by atoms with E-state index in [1.54, 1.807) is 0 Å². The number of hydrogen-bond donors (Lipinski definition) is 0. The molecule has 2 heterocycles. The van der Waals surface area contributed by atoms with E-state index in [0.29, 0.717) is 11.8 Å². The summed E-state index contributed by atoms with van der Waals surface area (Å²) < 4.78 is 11.9. The number of allylic oxidation sites excluding steroid dienone is 3. The molecule has 148 valence electrons. The lowest BCUT2D eigenvalue weighted by atomic mass is 9.44. The Bertz CT molecular complexity index is 871. The van der Waals surface area contributed by atoms with Crippen molar-refractivity contribution in [1.82, 2.24) is 0 Å². The van der Waals surface area contributed by atoms with E-state index in [9.17, 15) is 9.59 Å². The fourth-order valence-corrected chi connectivity index (χ4v) is 6.39. The Morgan fingerprint density at radius 2 is 2.04 bits per heavy atom. The van der Waals surface area contributed by atoms with Gasteiger partial charge in [-0.1, -0.05) is 38.8 Å². The molecule has 0 aromatic heterocycles. The largest absolute Gasteiger partial charge is 0.450 e. The summed E-state index contributed by atoms with van der Waals surface area (Å²) in [5.74, 6) is 1.04. The molecule has 1 spiro atoms. The second-order valence-electron chi connectivity index (χ2n) is 8.73. The number of carbonyl (C=O) groups is 2. The highest BCUT2D eigenvalue weighted by molar-refractivity contribution is 5.99. The van der Waals surface area contributed by atoms with Crippen molar-refractivity contribution in [1.29, 1.82) is 0 Å². The van der Waals surface area contributed by atoms with Crippen LogP contribution in [0.1, 0.15) is 65.2 Å². The molecule has 1 fully saturated rings. The van der Waals surface area contributed by atoms with Crippen LogP contribution in [0.5, 0.6) is 0 Å². The van der Waals surface area contributed by atoms with Crippen LogP contribution in [-0.2, 0) is 19.1 Å². The van der Waals surface area contributed by atoms with E-state index in [-0.39, 0.29) is 17.9 Å². The van der Waals surface area contributed by atoms with Crippen LogP contribution in [0.25, 0.3) is 0 Å². The van der Waals surface area contributed by atoms with Gasteiger partial charge in [0.05, 0.1) is 11.1 Å². The highest BCUT2D eigenvalue weighted by Gasteiger charge is 2.71. The summed E-state index contributed by atoms with van der Waals surface area (Å²) in [5.41, 5.74) is 3.16. The summed E-state index contributed by atoms with van der Waals surface area (Å²) in [6, 6.07) is 0. The molecule has 3 aliphatic carbocycles. The molecule has 0 radical (unpaired) electrons. The normalized spacial score (nSPS) is 37.1. The third kappa shape index (κ3) is 2.18. The molecule has 2 aliphatic heterocycles. The maximum absolute atomic E-state index is 12.9. The molecule has 0 N–H and O–H groups in total. The molecule has 3 unspecified atom stereocenters. The molecule has 28 heavy (non-hydrogen) atoms. The van der Waals surface area contributed by atoms with Gasteiger partial charge in [-0.25, -0.2) is 9.59 Å². The van der Waals surface area contributed by atoms with E-state index < -0.39 is 5.60 Å². The van der Waals surface area contributed by atoms with Gasteiger partial charge in [0.2, 0.25) is 0 Å². The third-order valence-corrected chi connectivity index (χ3v) is 7.38. The van der Waals surface area contributed by atoms with Crippen LogP contribution >= 0.6 is 0 Å². The maximum Gasteiger partial charge on any atom is 0.340 e. The quantitative estimate of drug-likeness (QED) is 0.650. The van der Waals surface area contributed by atoms with Crippen molar-refractivity contribution in [3.8, 4) is 0 Å². The first kappa shape index (κ1) is 18.0. The molecule has 5 rings (SSSR count). The van der Waals surface area contributed by atoms with Crippen molar-refractivity contribution < 1.29 is 19.1 Å². The van der Waals surface area contributed by atoms with Crippen molar-refractivity contribution in [2.24, 2.45) is 17.8 Å². The molecule has 4 heteroatoms. The van der Waals surface area contributed by atoms with Crippen LogP contribution < -0.4 is 0 Å². The number of cyclic esters (lactones) is 1. The van der Waals surface area contributed by atoms with Gasteiger partial charge in [-0.3, -0.25) is 0 Å². The average molecular weight is 380 g/mol. The van der Waals surface area contributed by atoms with Crippen LogP contribution in [-0.4, -0.2) is 17.5 Å². The van der Waals surface area contributed by atoms with Crippen molar-refractivity contribution >= 4 is 11.9 Å². The van der Waals surface area contributed by atoms with E-state index in [1.165, 1.54) is 0 Å². The topological polar surface area (TPSA) is 52.6 Å². The van der Waals surface area contributed by atoms with E-state index in [1.807, 2.05) is 6.08 Å². The average Bonchev–Trinajstić information content (AvgIpc) is 3.19. The van der Waals surface area contributed by atoms with E-state index in [4.69, 9.17) is 9.47 Å². The zero-order valence-electron chi connectivity index (χ0n) is 16.8. The molecule has 1 saturated carbocycles. The molecule has 4 nitrogen and oxygen atoms in total. The summed E-state index contributed by atoms with van der Waals surface area (Å²) >= 11 is 0. The molecule has 4 atom stereocenters. The first-order chi connectivity index (χ1) is 13.6. The van der Waals surface area contributed by atoms with Gasteiger partial charge in [0.1, 0.15) is 11.4 Å². The first-order valence-corrected chi connectivity index (χ1v) is 10.9. The monoisotopic (exact) mass is 380 g/mol. The number of esters is 2. The van der Waals surface area contributed by atoms with E-state index in [0.717, 1.165) is 79.4 Å². The lowest BCUT2D eigenvalue weighted by Crippen LogP contribution is -2.65. The minimum absolute atomic E-state index is 0.0317. The van der Waals surface area contributed by atoms with Gasteiger partial charge in [-0.05, 0) is 56.1 Å². The van der Waals surface area contributed by atoms with Crippen molar-refractivity contribution in [3.63, 3.8) is 0 Å². The van der Waals surface area contributed by atoms with Gasteiger partial charge in [-0.2, -0.15) is 0 Å². The maximum atomic E-state index is 12.9. The smallest absolute Gasteiger partial charge is 0.340 e. The van der Waals surface area contributed by atoms with Crippen molar-refractivity contribution in [2.75, 3.05) is 0 Å². The Kier molecular flexibility index (Phi) is 4.15. The molecule has 0 bridgehead atoms. The SMILES string of the molecule is CCC/C=C1\OC(=O)C2=C1CC[C@@H]1C(CCC)C3(OC(=O)C4=C3CCC=C4)C21. The predicted molar refractivity (Wildman–Crippen MR) is 105 cm³/mol. The molecule has 0 amide bonds. The van der Waals surface area contributed by atoms with Gasteiger partial charge in [-0.15, -0.1) is 0 Å². The zero-order chi connectivity index (χ0) is 19.5. The summed E-state index contributed by atoms with van der Waals surface area (Å²) in [6.07, 6.45) is 13.8. The summed E-state index contributed by atoms with van der Waals surface area (Å²) in [7, 11) is 0. The number of ether oxygens (including phenoxy) is 2. The van der Waals surface area contributed by atoms with Gasteiger partial charge in [0.25, 0.3) is 0 Å². The highest BCUT2D eigenvalue weighted by atomic mass is 16.6. The zero-order valence-corrected chi connectivity index (χ0v) is 16.8. The summed E-state index contributed by atoms with van der Waals surface area (Å²) in [6.45, 7) is 4.32. The molecule has 5 aliphatic rings. The fraction of sp³-hybridized carbons (Fsp3) is 0.583. The second-order valence-corrected chi connectivity index (χ2v) is 8.73. The number of hydrogen-bond acceptors (Lipinski definition) is 4. The Labute approximate surface area is 166 Å². The van der Waals surface area contributed by atoms with E-state index in [2.05, 4.69) is 26.0 Å². The highest BCUT2D eigenvalue weighted by Crippen LogP contribution is 2.68. The lowest BCUT2D eigenvalue weighted by Gasteiger charge is -2.61. The Balaban J connectivity index is 1.63. The van der Waals surface area contributed by atoms with Crippen molar-refractivity contribution in [2.45, 2.75) is 70.8 Å².